The zero-order valence-electron chi connectivity index (χ0n) is 17.4. The Morgan fingerprint density at radius 2 is 1.90 bits per heavy atom. The molecule has 4 rings (SSSR count). The number of amides is 1. The Morgan fingerprint density at radius 3 is 2.53 bits per heavy atom. The Kier molecular flexibility index (Phi) is 5.18. The van der Waals surface area contributed by atoms with Crippen molar-refractivity contribution < 1.29 is 9.18 Å². The summed E-state index contributed by atoms with van der Waals surface area (Å²) in [5.41, 5.74) is 2.60. The van der Waals surface area contributed by atoms with Crippen molar-refractivity contribution in [3.05, 3.63) is 82.4 Å². The van der Waals surface area contributed by atoms with E-state index in [0.29, 0.717) is 11.6 Å². The molecule has 1 amide bonds. The van der Waals surface area contributed by atoms with E-state index in [1.165, 1.54) is 12.1 Å². The van der Waals surface area contributed by atoms with Gasteiger partial charge in [0.15, 0.2) is 0 Å². The Bertz CT molecular complexity index is 1100. The van der Waals surface area contributed by atoms with Gasteiger partial charge in [-0.1, -0.05) is 50.6 Å². The van der Waals surface area contributed by atoms with Crippen LogP contribution in [0.2, 0.25) is 5.02 Å². The molecule has 30 heavy (non-hydrogen) atoms. The quantitative estimate of drug-likeness (QED) is 0.602. The summed E-state index contributed by atoms with van der Waals surface area (Å²) in [6.45, 7) is 6.63. The Labute approximate surface area is 181 Å². The van der Waals surface area contributed by atoms with E-state index in [1.807, 2.05) is 41.1 Å². The average molecular weight is 426 g/mol. The summed E-state index contributed by atoms with van der Waals surface area (Å²) in [6, 6.07) is 15.8. The van der Waals surface area contributed by atoms with Gasteiger partial charge in [0, 0.05) is 10.4 Å². The van der Waals surface area contributed by atoms with Crippen molar-refractivity contribution in [2.45, 2.75) is 51.0 Å². The minimum Gasteiger partial charge on any atom is -0.350 e. The third kappa shape index (κ3) is 3.99. The number of aromatic nitrogens is 2. The fourth-order valence-electron chi connectivity index (χ4n) is 3.64. The lowest BCUT2D eigenvalue weighted by atomic mass is 9.92. The molecule has 4 nitrogen and oxygen atoms in total. The van der Waals surface area contributed by atoms with Gasteiger partial charge in [-0.15, -0.1) is 0 Å². The van der Waals surface area contributed by atoms with E-state index >= 15 is 0 Å². The summed E-state index contributed by atoms with van der Waals surface area (Å²) in [4.78, 5) is 13.0. The van der Waals surface area contributed by atoms with Gasteiger partial charge in [-0.25, -0.2) is 9.07 Å². The summed E-state index contributed by atoms with van der Waals surface area (Å²) >= 11 is 6.18. The van der Waals surface area contributed by atoms with Crippen LogP contribution in [-0.4, -0.2) is 15.7 Å². The van der Waals surface area contributed by atoms with Crippen LogP contribution in [0.15, 0.2) is 54.6 Å². The predicted octanol–water partition coefficient (Wildman–Crippen LogP) is 5.31. The van der Waals surface area contributed by atoms with Gasteiger partial charge in [-0.05, 0) is 54.8 Å². The maximum Gasteiger partial charge on any atom is 0.230 e. The second-order valence-electron chi connectivity index (χ2n) is 8.94. The molecule has 1 fully saturated rings. The molecule has 0 atom stereocenters. The second kappa shape index (κ2) is 7.55. The Hall–Kier alpha value is -2.66. The van der Waals surface area contributed by atoms with Crippen molar-refractivity contribution in [3.8, 4) is 5.69 Å². The Balaban J connectivity index is 1.60. The van der Waals surface area contributed by atoms with Crippen molar-refractivity contribution >= 4 is 17.5 Å². The maximum atomic E-state index is 13.7. The first kappa shape index (κ1) is 20.6. The van der Waals surface area contributed by atoms with E-state index < -0.39 is 5.41 Å². The molecule has 0 bridgehead atoms. The van der Waals surface area contributed by atoms with Crippen molar-refractivity contribution in [2.24, 2.45) is 0 Å². The zero-order chi connectivity index (χ0) is 21.5. The molecule has 1 aliphatic carbocycles. The number of nitrogens with one attached hydrogen (secondary N) is 1. The number of carbonyl (C=O) groups excluding carboxylic acids is 1. The molecule has 1 aromatic heterocycles. The van der Waals surface area contributed by atoms with Crippen LogP contribution in [0.1, 0.15) is 50.6 Å². The van der Waals surface area contributed by atoms with Crippen LogP contribution in [0.25, 0.3) is 5.69 Å². The van der Waals surface area contributed by atoms with Gasteiger partial charge in [0.25, 0.3) is 0 Å². The summed E-state index contributed by atoms with van der Waals surface area (Å²) in [5.74, 6) is -0.398. The summed E-state index contributed by atoms with van der Waals surface area (Å²) in [5, 5.41) is 8.45. The molecule has 3 aromatic rings. The molecule has 156 valence electrons. The minimum absolute atomic E-state index is 0.0794. The molecule has 1 saturated carbocycles. The van der Waals surface area contributed by atoms with Crippen LogP contribution in [0, 0.1) is 5.82 Å². The number of hydrogen-bond acceptors (Lipinski definition) is 2. The van der Waals surface area contributed by atoms with Gasteiger partial charge < -0.3 is 5.32 Å². The zero-order valence-corrected chi connectivity index (χ0v) is 18.1. The predicted molar refractivity (Wildman–Crippen MR) is 116 cm³/mol. The highest BCUT2D eigenvalue weighted by Crippen LogP contribution is 2.48. The van der Waals surface area contributed by atoms with Gasteiger partial charge >= 0.3 is 0 Å². The largest absolute Gasteiger partial charge is 0.350 e. The molecule has 0 radical (unpaired) electrons. The number of hydrogen-bond donors (Lipinski definition) is 1. The molecule has 1 N–H and O–H groups in total. The van der Waals surface area contributed by atoms with Gasteiger partial charge in [0.05, 0.1) is 29.0 Å². The van der Waals surface area contributed by atoms with E-state index in [1.54, 1.807) is 6.07 Å². The second-order valence-corrected chi connectivity index (χ2v) is 9.37. The highest BCUT2D eigenvalue weighted by Gasteiger charge is 2.51. The molecule has 0 unspecified atom stereocenters. The highest BCUT2D eigenvalue weighted by atomic mass is 35.5. The number of benzene rings is 2. The number of rotatable bonds is 5. The first-order chi connectivity index (χ1) is 14.2. The lowest BCUT2D eigenvalue weighted by Gasteiger charge is -2.16. The van der Waals surface area contributed by atoms with Crippen molar-refractivity contribution in [1.82, 2.24) is 15.1 Å². The molecule has 2 aromatic carbocycles. The summed E-state index contributed by atoms with van der Waals surface area (Å²) in [7, 11) is 0. The van der Waals surface area contributed by atoms with Gasteiger partial charge in [0.2, 0.25) is 5.91 Å². The molecule has 1 heterocycles. The van der Waals surface area contributed by atoms with Crippen LogP contribution >= 0.6 is 11.6 Å². The standard InChI is InChI=1S/C24H25ClFN3O/c1-23(2,3)21-14-20(29(28-21)19-9-5-7-17(25)13-19)15-27-22(30)24(10-11-24)16-6-4-8-18(26)12-16/h4-9,12-14H,10-11,15H2,1-3H3,(H,27,30). The van der Waals surface area contributed by atoms with Gasteiger partial charge in [-0.3, -0.25) is 4.79 Å². The van der Waals surface area contributed by atoms with Crippen molar-refractivity contribution in [3.63, 3.8) is 0 Å². The van der Waals surface area contributed by atoms with E-state index in [-0.39, 0.29) is 17.1 Å². The monoisotopic (exact) mass is 425 g/mol. The SMILES string of the molecule is CC(C)(C)c1cc(CNC(=O)C2(c3cccc(F)c3)CC2)n(-c2cccc(Cl)c2)n1. The number of carbonyl (C=O) groups is 1. The molecule has 0 saturated heterocycles. The smallest absolute Gasteiger partial charge is 0.230 e. The van der Waals surface area contributed by atoms with Crippen LogP contribution < -0.4 is 5.32 Å². The molecule has 0 aliphatic heterocycles. The van der Waals surface area contributed by atoms with Gasteiger partial charge in [0.1, 0.15) is 5.82 Å². The minimum atomic E-state index is -0.629. The van der Waals surface area contributed by atoms with Crippen LogP contribution in [0.5, 0.6) is 0 Å². The van der Waals surface area contributed by atoms with E-state index in [2.05, 4.69) is 26.1 Å². The third-order valence-corrected chi connectivity index (χ3v) is 5.83. The molecule has 0 spiro atoms. The first-order valence-corrected chi connectivity index (χ1v) is 10.5. The molecule has 1 aliphatic rings. The summed E-state index contributed by atoms with van der Waals surface area (Å²) < 4.78 is 15.5. The number of halogens is 2. The van der Waals surface area contributed by atoms with Crippen LogP contribution in [0.4, 0.5) is 4.39 Å². The molecule has 6 heteroatoms. The highest BCUT2D eigenvalue weighted by molar-refractivity contribution is 6.30. The fourth-order valence-corrected chi connectivity index (χ4v) is 3.83. The van der Waals surface area contributed by atoms with E-state index in [9.17, 15) is 9.18 Å². The van der Waals surface area contributed by atoms with Crippen LogP contribution in [0.3, 0.4) is 0 Å². The third-order valence-electron chi connectivity index (χ3n) is 5.60. The molecular formula is C24H25ClFN3O. The van der Waals surface area contributed by atoms with E-state index in [4.69, 9.17) is 16.7 Å². The molecular weight excluding hydrogens is 401 g/mol. The fraction of sp³-hybridized carbons (Fsp3) is 0.333. The van der Waals surface area contributed by atoms with E-state index in [0.717, 1.165) is 35.5 Å². The van der Waals surface area contributed by atoms with Gasteiger partial charge in [-0.2, -0.15) is 5.10 Å². The lowest BCUT2D eigenvalue weighted by molar-refractivity contribution is -0.123. The maximum absolute atomic E-state index is 13.7. The average Bonchev–Trinajstić information content (AvgIpc) is 3.38. The normalized spacial score (nSPS) is 15.1. The van der Waals surface area contributed by atoms with Crippen molar-refractivity contribution in [1.29, 1.82) is 0 Å². The van der Waals surface area contributed by atoms with Crippen molar-refractivity contribution in [2.75, 3.05) is 0 Å². The number of nitrogens with zero attached hydrogens (tertiary/aromatic N) is 2. The van der Waals surface area contributed by atoms with Crippen LogP contribution in [-0.2, 0) is 22.2 Å². The Morgan fingerprint density at radius 1 is 1.17 bits per heavy atom. The lowest BCUT2D eigenvalue weighted by Crippen LogP contribution is -2.34. The first-order valence-electron chi connectivity index (χ1n) is 10.1. The topological polar surface area (TPSA) is 46.9 Å². The summed E-state index contributed by atoms with van der Waals surface area (Å²) in [6.07, 6.45) is 1.45.